The largest absolute Gasteiger partial charge is 0.306 e. The molecule has 37 heavy (non-hydrogen) atoms. The summed E-state index contributed by atoms with van der Waals surface area (Å²) in [5.74, 6) is 0.556. The van der Waals surface area contributed by atoms with Crippen molar-refractivity contribution in [3.8, 4) is 0 Å². The number of benzene rings is 4. The molecular formula is C31H29N5S. The maximum atomic E-state index is 4.93. The lowest BCUT2D eigenvalue weighted by Gasteiger charge is -2.23. The zero-order chi connectivity index (χ0) is 25.3. The average molecular weight is 504 g/mol. The van der Waals surface area contributed by atoms with Gasteiger partial charge in [0, 0.05) is 16.7 Å². The molecule has 0 fully saturated rings. The zero-order valence-electron chi connectivity index (χ0n) is 20.6. The molecule has 0 unspecified atom stereocenters. The van der Waals surface area contributed by atoms with Crippen LogP contribution in [0.2, 0.25) is 0 Å². The minimum atomic E-state index is -0.216. The molecule has 3 N–H and O–H groups in total. The highest BCUT2D eigenvalue weighted by Crippen LogP contribution is 2.37. The van der Waals surface area contributed by atoms with E-state index >= 15 is 0 Å². The first-order chi connectivity index (χ1) is 18.3. The van der Waals surface area contributed by atoms with Crippen LogP contribution in [-0.2, 0) is 0 Å². The Hall–Kier alpha value is -4.29. The van der Waals surface area contributed by atoms with Crippen molar-refractivity contribution in [3.63, 3.8) is 0 Å². The van der Waals surface area contributed by atoms with Crippen LogP contribution >= 0.6 is 11.8 Å². The van der Waals surface area contributed by atoms with E-state index in [-0.39, 0.29) is 11.3 Å². The monoisotopic (exact) mass is 503 g/mol. The molecule has 5 rings (SSSR count). The van der Waals surface area contributed by atoms with E-state index in [0.717, 1.165) is 16.8 Å². The fourth-order valence-corrected chi connectivity index (χ4v) is 5.22. The molecule has 4 aromatic rings. The Balaban J connectivity index is 1.30. The van der Waals surface area contributed by atoms with Crippen molar-refractivity contribution in [1.29, 1.82) is 0 Å². The number of hydrogen-bond acceptors (Lipinski definition) is 6. The van der Waals surface area contributed by atoms with Crippen molar-refractivity contribution in [2.75, 3.05) is 0 Å². The van der Waals surface area contributed by atoms with E-state index in [1.165, 1.54) is 16.0 Å². The summed E-state index contributed by atoms with van der Waals surface area (Å²) < 4.78 is 0. The summed E-state index contributed by atoms with van der Waals surface area (Å²) in [6.45, 7) is 2.15. The minimum absolute atomic E-state index is 0.151. The fraction of sp³-hybridized carbons (Fsp3) is 0.0968. The highest BCUT2D eigenvalue weighted by Gasteiger charge is 2.23. The number of aryl methyl sites for hydroxylation is 1. The van der Waals surface area contributed by atoms with Gasteiger partial charge >= 0.3 is 0 Å². The smallest absolute Gasteiger partial charge is 0.232 e. The van der Waals surface area contributed by atoms with Crippen molar-refractivity contribution in [2.24, 2.45) is 10.1 Å². The second-order valence-corrected chi connectivity index (χ2v) is 9.79. The van der Waals surface area contributed by atoms with E-state index in [0.29, 0.717) is 5.96 Å². The van der Waals surface area contributed by atoms with Crippen LogP contribution in [0.5, 0.6) is 0 Å². The molecule has 0 saturated carbocycles. The molecule has 1 aliphatic heterocycles. The molecule has 4 aromatic carbocycles. The molecule has 0 bridgehead atoms. The van der Waals surface area contributed by atoms with Gasteiger partial charge in [-0.3, -0.25) is 5.43 Å². The Morgan fingerprint density at radius 1 is 0.811 bits per heavy atom. The standard InChI is InChI=1S/C31H29N5S/c1-23-13-11-12-20-27(23)37-28(24-14-5-2-6-15-24)21-22-32-35-31-33-29(25-16-7-3-8-17-25)30(34-36-31)26-18-9-4-10-19-26/h2-22,28-29,32H,1H3,(H2,33,35,36)/b22-21+/t28-,29-/m1/s1. The number of aliphatic imine (C=N–C) groups is 1. The molecule has 0 amide bonds. The van der Waals surface area contributed by atoms with Gasteiger partial charge in [-0.2, -0.15) is 5.10 Å². The lowest BCUT2D eigenvalue weighted by atomic mass is 9.97. The van der Waals surface area contributed by atoms with E-state index < -0.39 is 0 Å². The highest BCUT2D eigenvalue weighted by atomic mass is 32.2. The summed E-state index contributed by atoms with van der Waals surface area (Å²) in [6, 6.07) is 39.1. The van der Waals surface area contributed by atoms with Crippen LogP contribution in [0, 0.1) is 6.92 Å². The summed E-state index contributed by atoms with van der Waals surface area (Å²) >= 11 is 1.83. The number of hydrazine groups is 1. The first-order valence-corrected chi connectivity index (χ1v) is 13.1. The number of hydrogen-bond donors (Lipinski definition) is 3. The lowest BCUT2D eigenvalue weighted by Crippen LogP contribution is -2.44. The minimum Gasteiger partial charge on any atom is -0.306 e. The number of nitrogens with zero attached hydrogens (tertiary/aromatic N) is 2. The molecule has 5 nitrogen and oxygen atoms in total. The molecule has 1 heterocycles. The third kappa shape index (κ3) is 6.29. The van der Waals surface area contributed by atoms with Gasteiger partial charge in [0.25, 0.3) is 0 Å². The fourth-order valence-electron chi connectivity index (χ4n) is 4.08. The quantitative estimate of drug-likeness (QED) is 0.189. The van der Waals surface area contributed by atoms with Gasteiger partial charge in [-0.05, 0) is 35.8 Å². The molecule has 0 spiro atoms. The summed E-state index contributed by atoms with van der Waals surface area (Å²) in [5.41, 5.74) is 14.9. The van der Waals surface area contributed by atoms with Crippen molar-refractivity contribution in [3.05, 3.63) is 150 Å². The van der Waals surface area contributed by atoms with Gasteiger partial charge < -0.3 is 5.43 Å². The SMILES string of the molecule is Cc1ccccc1S[C@H](/C=C/NNC1=N[C@H](c2ccccc2)C(c2ccccc2)=NN1)c1ccccc1. The molecule has 0 aliphatic carbocycles. The first kappa shape index (κ1) is 24.4. The van der Waals surface area contributed by atoms with Crippen molar-refractivity contribution < 1.29 is 0 Å². The normalized spacial score (nSPS) is 15.9. The van der Waals surface area contributed by atoms with Gasteiger partial charge in [-0.1, -0.05) is 109 Å². The highest BCUT2D eigenvalue weighted by molar-refractivity contribution is 7.99. The van der Waals surface area contributed by atoms with Gasteiger partial charge in [-0.25, -0.2) is 10.4 Å². The van der Waals surface area contributed by atoms with E-state index in [1.54, 1.807) is 0 Å². The first-order valence-electron chi connectivity index (χ1n) is 12.2. The second kappa shape index (κ2) is 12.1. The summed E-state index contributed by atoms with van der Waals surface area (Å²) in [5, 5.41) is 4.82. The number of hydrazone groups is 1. The predicted octanol–water partition coefficient (Wildman–Crippen LogP) is 6.54. The summed E-state index contributed by atoms with van der Waals surface area (Å²) in [6.07, 6.45) is 4.07. The zero-order valence-corrected chi connectivity index (χ0v) is 21.4. The van der Waals surface area contributed by atoms with Gasteiger partial charge in [0.05, 0.1) is 11.0 Å². The van der Waals surface area contributed by atoms with Crippen LogP contribution in [-0.4, -0.2) is 11.7 Å². The Kier molecular flexibility index (Phi) is 7.98. The van der Waals surface area contributed by atoms with Crippen LogP contribution in [0.1, 0.15) is 33.5 Å². The molecule has 184 valence electrons. The van der Waals surface area contributed by atoms with Crippen LogP contribution < -0.4 is 16.3 Å². The predicted molar refractivity (Wildman–Crippen MR) is 154 cm³/mol. The molecule has 6 heteroatoms. The van der Waals surface area contributed by atoms with Gasteiger partial charge in [0.1, 0.15) is 6.04 Å². The molecule has 0 saturated heterocycles. The Labute approximate surface area is 222 Å². The maximum absolute atomic E-state index is 4.93. The van der Waals surface area contributed by atoms with Crippen LogP contribution in [0.3, 0.4) is 0 Å². The summed E-state index contributed by atoms with van der Waals surface area (Å²) in [7, 11) is 0. The van der Waals surface area contributed by atoms with E-state index in [2.05, 4.69) is 107 Å². The van der Waals surface area contributed by atoms with E-state index in [9.17, 15) is 0 Å². The molecule has 0 radical (unpaired) electrons. The molecule has 1 aliphatic rings. The maximum Gasteiger partial charge on any atom is 0.232 e. The number of nitrogens with one attached hydrogen (secondary N) is 3. The number of guanidine groups is 1. The van der Waals surface area contributed by atoms with E-state index in [1.807, 2.05) is 60.4 Å². The van der Waals surface area contributed by atoms with Crippen molar-refractivity contribution in [1.82, 2.24) is 16.3 Å². The topological polar surface area (TPSA) is 60.8 Å². The average Bonchev–Trinajstić information content (AvgIpc) is 2.97. The number of rotatable bonds is 8. The van der Waals surface area contributed by atoms with Gasteiger partial charge in [0.2, 0.25) is 5.96 Å². The van der Waals surface area contributed by atoms with Crippen LogP contribution in [0.15, 0.2) is 143 Å². The van der Waals surface area contributed by atoms with E-state index in [4.69, 9.17) is 4.99 Å². The Bertz CT molecular complexity index is 1390. The third-order valence-electron chi connectivity index (χ3n) is 6.00. The Morgan fingerprint density at radius 3 is 2.19 bits per heavy atom. The lowest BCUT2D eigenvalue weighted by molar-refractivity contribution is 0.735. The van der Waals surface area contributed by atoms with Gasteiger partial charge in [-0.15, -0.1) is 11.8 Å². The Morgan fingerprint density at radius 2 is 1.46 bits per heavy atom. The van der Waals surface area contributed by atoms with Gasteiger partial charge in [0.15, 0.2) is 0 Å². The molecule has 2 atom stereocenters. The molecule has 0 aromatic heterocycles. The van der Waals surface area contributed by atoms with Crippen LogP contribution in [0.4, 0.5) is 0 Å². The molecular weight excluding hydrogens is 474 g/mol. The number of thioether (sulfide) groups is 1. The third-order valence-corrected chi connectivity index (χ3v) is 7.40. The summed E-state index contributed by atoms with van der Waals surface area (Å²) in [4.78, 5) is 6.19. The van der Waals surface area contributed by atoms with Crippen molar-refractivity contribution >= 4 is 23.4 Å². The van der Waals surface area contributed by atoms with Crippen molar-refractivity contribution in [2.45, 2.75) is 23.1 Å². The second-order valence-electron chi connectivity index (χ2n) is 8.61. The van der Waals surface area contributed by atoms with Crippen LogP contribution in [0.25, 0.3) is 0 Å².